The van der Waals surface area contributed by atoms with Crippen molar-refractivity contribution in [3.63, 3.8) is 0 Å². The number of aromatic nitrogens is 1. The van der Waals surface area contributed by atoms with Gasteiger partial charge in [0.05, 0.1) is 5.69 Å². The van der Waals surface area contributed by atoms with Crippen molar-refractivity contribution in [3.05, 3.63) is 51.6 Å². The molecule has 100 valence electrons. The Balaban J connectivity index is 2.53. The zero-order chi connectivity index (χ0) is 14.3. The SMILES string of the molecule is Cc1[nH]c(C(=O)c2cc(N)c(C)c(F)c2)c(C)c1C. The van der Waals surface area contributed by atoms with Gasteiger partial charge in [0.25, 0.3) is 0 Å². The van der Waals surface area contributed by atoms with Gasteiger partial charge in [-0.2, -0.15) is 0 Å². The molecule has 2 rings (SSSR count). The van der Waals surface area contributed by atoms with Crippen molar-refractivity contribution < 1.29 is 9.18 Å². The fourth-order valence-corrected chi connectivity index (χ4v) is 2.05. The van der Waals surface area contributed by atoms with Crippen LogP contribution >= 0.6 is 0 Å². The third-order valence-corrected chi connectivity index (χ3v) is 3.69. The molecular weight excluding hydrogens is 243 g/mol. The van der Waals surface area contributed by atoms with Gasteiger partial charge in [0.15, 0.2) is 0 Å². The van der Waals surface area contributed by atoms with Crippen LogP contribution in [-0.4, -0.2) is 10.8 Å². The molecule has 3 nitrogen and oxygen atoms in total. The average Bonchev–Trinajstić information content (AvgIpc) is 2.62. The van der Waals surface area contributed by atoms with Crippen LogP contribution in [0.5, 0.6) is 0 Å². The van der Waals surface area contributed by atoms with Crippen LogP contribution < -0.4 is 5.73 Å². The van der Waals surface area contributed by atoms with E-state index in [2.05, 4.69) is 4.98 Å². The Morgan fingerprint density at radius 1 is 1.11 bits per heavy atom. The molecule has 1 heterocycles. The Morgan fingerprint density at radius 2 is 1.74 bits per heavy atom. The maximum Gasteiger partial charge on any atom is 0.209 e. The summed E-state index contributed by atoms with van der Waals surface area (Å²) in [7, 11) is 0. The number of aryl methyl sites for hydroxylation is 1. The van der Waals surface area contributed by atoms with Gasteiger partial charge in [-0.05, 0) is 51.0 Å². The van der Waals surface area contributed by atoms with Crippen LogP contribution in [0.15, 0.2) is 12.1 Å². The highest BCUT2D eigenvalue weighted by Crippen LogP contribution is 2.23. The number of H-pyrrole nitrogens is 1. The first-order valence-corrected chi connectivity index (χ1v) is 6.09. The van der Waals surface area contributed by atoms with E-state index in [-0.39, 0.29) is 11.3 Å². The quantitative estimate of drug-likeness (QED) is 0.643. The Labute approximate surface area is 111 Å². The van der Waals surface area contributed by atoms with Crippen molar-refractivity contribution in [3.8, 4) is 0 Å². The monoisotopic (exact) mass is 260 g/mol. The number of hydrogen-bond acceptors (Lipinski definition) is 2. The highest BCUT2D eigenvalue weighted by atomic mass is 19.1. The van der Waals surface area contributed by atoms with E-state index in [0.717, 1.165) is 16.8 Å². The molecule has 0 aliphatic heterocycles. The van der Waals surface area contributed by atoms with Gasteiger partial charge in [0.1, 0.15) is 5.82 Å². The van der Waals surface area contributed by atoms with Crippen molar-refractivity contribution in [1.82, 2.24) is 4.98 Å². The van der Waals surface area contributed by atoms with Gasteiger partial charge < -0.3 is 10.7 Å². The molecular formula is C15H17FN2O. The number of ketones is 1. The highest BCUT2D eigenvalue weighted by Gasteiger charge is 2.18. The van der Waals surface area contributed by atoms with Gasteiger partial charge in [-0.1, -0.05) is 0 Å². The lowest BCUT2D eigenvalue weighted by Crippen LogP contribution is -2.06. The summed E-state index contributed by atoms with van der Waals surface area (Å²) in [4.78, 5) is 15.4. The third-order valence-electron chi connectivity index (χ3n) is 3.69. The van der Waals surface area contributed by atoms with Crippen molar-refractivity contribution in [1.29, 1.82) is 0 Å². The number of aromatic amines is 1. The molecule has 4 heteroatoms. The maximum atomic E-state index is 13.7. The number of nitrogen functional groups attached to an aromatic ring is 1. The molecule has 0 fully saturated rings. The summed E-state index contributed by atoms with van der Waals surface area (Å²) in [5.41, 5.74) is 10.0. The van der Waals surface area contributed by atoms with Crippen LogP contribution in [0.3, 0.4) is 0 Å². The number of nitrogens with one attached hydrogen (secondary N) is 1. The predicted octanol–water partition coefficient (Wildman–Crippen LogP) is 3.20. The van der Waals surface area contributed by atoms with Crippen molar-refractivity contribution in [2.24, 2.45) is 0 Å². The van der Waals surface area contributed by atoms with Crippen LogP contribution in [0.1, 0.15) is 38.4 Å². The lowest BCUT2D eigenvalue weighted by Gasteiger charge is -2.06. The maximum absolute atomic E-state index is 13.7. The second-order valence-electron chi connectivity index (χ2n) is 4.88. The molecule has 0 bridgehead atoms. The fourth-order valence-electron chi connectivity index (χ4n) is 2.05. The summed E-state index contributed by atoms with van der Waals surface area (Å²) >= 11 is 0. The summed E-state index contributed by atoms with van der Waals surface area (Å²) in [6.07, 6.45) is 0. The lowest BCUT2D eigenvalue weighted by atomic mass is 10.0. The van der Waals surface area contributed by atoms with E-state index in [9.17, 15) is 9.18 Å². The first-order valence-electron chi connectivity index (χ1n) is 6.09. The number of benzene rings is 1. The number of hydrogen-bond donors (Lipinski definition) is 2. The number of nitrogens with two attached hydrogens (primary N) is 1. The van der Waals surface area contributed by atoms with Crippen molar-refractivity contribution in [2.75, 3.05) is 5.73 Å². The molecule has 0 spiro atoms. The molecule has 0 aliphatic rings. The summed E-state index contributed by atoms with van der Waals surface area (Å²) in [5, 5.41) is 0. The van der Waals surface area contributed by atoms with E-state index in [1.54, 1.807) is 6.92 Å². The van der Waals surface area contributed by atoms with Crippen molar-refractivity contribution in [2.45, 2.75) is 27.7 Å². The minimum absolute atomic E-state index is 0.237. The molecule has 19 heavy (non-hydrogen) atoms. The molecule has 3 N–H and O–H groups in total. The molecule has 0 saturated carbocycles. The third kappa shape index (κ3) is 2.14. The minimum atomic E-state index is -0.457. The van der Waals surface area contributed by atoms with Crippen LogP contribution in [0.4, 0.5) is 10.1 Å². The minimum Gasteiger partial charge on any atom is -0.398 e. The van der Waals surface area contributed by atoms with Gasteiger partial charge >= 0.3 is 0 Å². The van der Waals surface area contributed by atoms with E-state index in [1.807, 2.05) is 20.8 Å². The molecule has 0 atom stereocenters. The number of anilines is 1. The van der Waals surface area contributed by atoms with Gasteiger partial charge in [-0.25, -0.2) is 4.39 Å². The first kappa shape index (κ1) is 13.3. The van der Waals surface area contributed by atoms with E-state index in [4.69, 9.17) is 5.73 Å². The molecule has 0 unspecified atom stereocenters. The van der Waals surface area contributed by atoms with Crippen molar-refractivity contribution >= 4 is 11.5 Å². The van der Waals surface area contributed by atoms with Crippen LogP contribution in [-0.2, 0) is 0 Å². The number of carbonyl (C=O) groups is 1. The standard InChI is InChI=1S/C15H17FN2O/c1-7-8(2)14(18-10(7)4)15(19)11-5-12(16)9(3)13(17)6-11/h5-6,18H,17H2,1-4H3. The summed E-state index contributed by atoms with van der Waals surface area (Å²) < 4.78 is 13.7. The molecule has 0 saturated heterocycles. The van der Waals surface area contributed by atoms with E-state index in [1.165, 1.54) is 12.1 Å². The smallest absolute Gasteiger partial charge is 0.209 e. The zero-order valence-electron chi connectivity index (χ0n) is 11.5. The van der Waals surface area contributed by atoms with E-state index in [0.29, 0.717) is 16.9 Å². The van der Waals surface area contributed by atoms with Crippen LogP contribution in [0.2, 0.25) is 0 Å². The van der Waals surface area contributed by atoms with Gasteiger partial charge in [0, 0.05) is 22.5 Å². The second-order valence-corrected chi connectivity index (χ2v) is 4.88. The second kappa shape index (κ2) is 4.53. The molecule has 0 aliphatic carbocycles. The Morgan fingerprint density at radius 3 is 2.21 bits per heavy atom. The predicted molar refractivity (Wildman–Crippen MR) is 74.0 cm³/mol. The molecule has 0 amide bonds. The Hall–Kier alpha value is -2.10. The molecule has 2 aromatic rings. The van der Waals surface area contributed by atoms with Crippen LogP contribution in [0, 0.1) is 33.5 Å². The van der Waals surface area contributed by atoms with Gasteiger partial charge in [0.2, 0.25) is 5.78 Å². The normalized spacial score (nSPS) is 10.8. The number of carbonyl (C=O) groups excluding carboxylic acids is 1. The largest absolute Gasteiger partial charge is 0.398 e. The fraction of sp³-hybridized carbons (Fsp3) is 0.267. The Bertz CT molecular complexity index is 648. The van der Waals surface area contributed by atoms with Gasteiger partial charge in [-0.3, -0.25) is 4.79 Å². The zero-order valence-corrected chi connectivity index (χ0v) is 11.5. The molecule has 1 aromatic carbocycles. The highest BCUT2D eigenvalue weighted by molar-refractivity contribution is 6.09. The average molecular weight is 260 g/mol. The topological polar surface area (TPSA) is 58.9 Å². The van der Waals surface area contributed by atoms with E-state index >= 15 is 0 Å². The summed E-state index contributed by atoms with van der Waals surface area (Å²) in [6.45, 7) is 7.32. The molecule has 1 aromatic heterocycles. The number of rotatable bonds is 2. The summed E-state index contributed by atoms with van der Waals surface area (Å²) in [6, 6.07) is 2.75. The van der Waals surface area contributed by atoms with Gasteiger partial charge in [-0.15, -0.1) is 0 Å². The summed E-state index contributed by atoms with van der Waals surface area (Å²) in [5.74, 6) is -0.694. The molecule has 0 radical (unpaired) electrons. The Kier molecular flexibility index (Phi) is 3.18. The van der Waals surface area contributed by atoms with E-state index < -0.39 is 5.82 Å². The first-order chi connectivity index (χ1) is 8.82. The number of halogens is 1. The lowest BCUT2D eigenvalue weighted by molar-refractivity contribution is 0.103. The van der Waals surface area contributed by atoms with Crippen LogP contribution in [0.25, 0.3) is 0 Å².